The Hall–Kier alpha value is -1.89. The Morgan fingerprint density at radius 1 is 0.895 bits per heavy atom. The van der Waals surface area contributed by atoms with Gasteiger partial charge in [0, 0.05) is 12.1 Å². The van der Waals surface area contributed by atoms with Crippen LogP contribution in [0.4, 0.5) is 5.69 Å². The lowest BCUT2D eigenvalue weighted by Gasteiger charge is -2.01. The molecule has 0 aliphatic heterocycles. The maximum Gasteiger partial charge on any atom is 0.0625 e. The second-order valence-corrected chi connectivity index (χ2v) is 5.85. The first-order valence-corrected chi connectivity index (χ1v) is 6.84. The van der Waals surface area contributed by atoms with Crippen molar-refractivity contribution < 1.29 is 0 Å². The molecule has 0 N–H and O–H groups in total. The van der Waals surface area contributed by atoms with Gasteiger partial charge < -0.3 is 0 Å². The fourth-order valence-electron chi connectivity index (χ4n) is 2.93. The van der Waals surface area contributed by atoms with E-state index in [1.54, 1.807) is 0 Å². The average Bonchev–Trinajstić information content (AvgIpc) is 3.00. The number of para-hydroxylation sites is 1. The maximum absolute atomic E-state index is 4.61. The lowest BCUT2D eigenvalue weighted by molar-refractivity contribution is 0.604. The molecule has 0 amide bonds. The molecule has 1 nitrogen and oxygen atoms in total. The summed E-state index contributed by atoms with van der Waals surface area (Å²) in [5, 5.41) is 0. The van der Waals surface area contributed by atoms with Crippen molar-refractivity contribution in [3.05, 3.63) is 66.2 Å². The summed E-state index contributed by atoms with van der Waals surface area (Å²) in [6, 6.07) is 20.9. The molecule has 2 aromatic rings. The summed E-state index contributed by atoms with van der Waals surface area (Å²) in [4.78, 5) is 4.61. The number of hydrogen-bond donors (Lipinski definition) is 0. The first-order valence-electron chi connectivity index (χ1n) is 6.84. The predicted octanol–water partition coefficient (Wildman–Crippen LogP) is 4.83. The van der Waals surface area contributed by atoms with E-state index in [0.29, 0.717) is 17.3 Å². The van der Waals surface area contributed by atoms with Crippen LogP contribution in [0.5, 0.6) is 0 Å². The zero-order valence-corrected chi connectivity index (χ0v) is 11.5. The SMILES string of the molecule is CC1(C)C(C=Nc2ccccc2)C1c1ccccc1. The second-order valence-electron chi connectivity index (χ2n) is 5.85. The smallest absolute Gasteiger partial charge is 0.0625 e. The molecule has 2 unspecified atom stereocenters. The standard InChI is InChI=1S/C18H19N/c1-18(2)16(13-19-15-11-7-4-8-12-15)17(18)14-9-5-3-6-10-14/h3-13,16-17H,1-2H3. The lowest BCUT2D eigenvalue weighted by Crippen LogP contribution is -1.90. The van der Waals surface area contributed by atoms with Crippen LogP contribution in [-0.2, 0) is 0 Å². The van der Waals surface area contributed by atoms with E-state index in [1.807, 2.05) is 30.3 Å². The molecule has 2 atom stereocenters. The van der Waals surface area contributed by atoms with E-state index in [2.05, 4.69) is 55.4 Å². The number of benzene rings is 2. The highest BCUT2D eigenvalue weighted by Crippen LogP contribution is 2.63. The Morgan fingerprint density at radius 3 is 2.11 bits per heavy atom. The van der Waals surface area contributed by atoms with Gasteiger partial charge in [-0.25, -0.2) is 0 Å². The van der Waals surface area contributed by atoms with Gasteiger partial charge in [0.1, 0.15) is 0 Å². The Labute approximate surface area is 115 Å². The molecule has 0 bridgehead atoms. The van der Waals surface area contributed by atoms with Crippen LogP contribution in [0.15, 0.2) is 65.7 Å². The monoisotopic (exact) mass is 249 g/mol. The van der Waals surface area contributed by atoms with E-state index < -0.39 is 0 Å². The quantitative estimate of drug-likeness (QED) is 0.691. The zero-order chi connectivity index (χ0) is 13.3. The third-order valence-corrected chi connectivity index (χ3v) is 4.21. The minimum Gasteiger partial charge on any atom is -0.261 e. The van der Waals surface area contributed by atoms with Crippen molar-refractivity contribution in [3.63, 3.8) is 0 Å². The molecule has 3 rings (SSSR count). The maximum atomic E-state index is 4.61. The molecule has 1 aliphatic carbocycles. The summed E-state index contributed by atoms with van der Waals surface area (Å²) in [5.41, 5.74) is 2.79. The van der Waals surface area contributed by atoms with Gasteiger partial charge in [0.05, 0.1) is 5.69 Å². The predicted molar refractivity (Wildman–Crippen MR) is 81.0 cm³/mol. The van der Waals surface area contributed by atoms with Crippen LogP contribution in [0.1, 0.15) is 25.3 Å². The third-order valence-electron chi connectivity index (χ3n) is 4.21. The molecule has 1 fully saturated rings. The van der Waals surface area contributed by atoms with Gasteiger partial charge in [-0.05, 0) is 29.0 Å². The normalized spacial score (nSPS) is 24.5. The average molecular weight is 249 g/mol. The summed E-state index contributed by atoms with van der Waals surface area (Å²) >= 11 is 0. The highest BCUT2D eigenvalue weighted by Gasteiger charge is 2.57. The summed E-state index contributed by atoms with van der Waals surface area (Å²) in [6.07, 6.45) is 2.13. The minimum atomic E-state index is 0.319. The van der Waals surface area contributed by atoms with Gasteiger partial charge in [0.25, 0.3) is 0 Å². The molecule has 0 aromatic heterocycles. The van der Waals surface area contributed by atoms with Crippen LogP contribution in [0.3, 0.4) is 0 Å². The van der Waals surface area contributed by atoms with E-state index in [9.17, 15) is 0 Å². The second kappa shape index (κ2) is 4.65. The van der Waals surface area contributed by atoms with Crippen molar-refractivity contribution in [2.75, 3.05) is 0 Å². The Kier molecular flexibility index (Phi) is 2.98. The molecule has 96 valence electrons. The summed E-state index contributed by atoms with van der Waals surface area (Å²) in [5.74, 6) is 1.14. The largest absolute Gasteiger partial charge is 0.261 e. The summed E-state index contributed by atoms with van der Waals surface area (Å²) in [7, 11) is 0. The molecule has 0 spiro atoms. The van der Waals surface area contributed by atoms with E-state index in [0.717, 1.165) is 5.69 Å². The van der Waals surface area contributed by atoms with Crippen molar-refractivity contribution in [2.24, 2.45) is 16.3 Å². The molecular weight excluding hydrogens is 230 g/mol. The number of hydrogen-bond acceptors (Lipinski definition) is 1. The van der Waals surface area contributed by atoms with Crippen molar-refractivity contribution in [1.29, 1.82) is 0 Å². The molecule has 0 saturated heterocycles. The first kappa shape index (κ1) is 12.2. The first-order chi connectivity index (χ1) is 9.19. The van der Waals surface area contributed by atoms with Crippen LogP contribution < -0.4 is 0 Å². The highest BCUT2D eigenvalue weighted by atomic mass is 14.8. The van der Waals surface area contributed by atoms with Gasteiger partial charge in [-0.1, -0.05) is 62.4 Å². The molecule has 19 heavy (non-hydrogen) atoms. The van der Waals surface area contributed by atoms with Crippen LogP contribution in [0.2, 0.25) is 0 Å². The van der Waals surface area contributed by atoms with Crippen molar-refractivity contribution >= 4 is 11.9 Å². The van der Waals surface area contributed by atoms with Gasteiger partial charge in [-0.2, -0.15) is 0 Å². The lowest BCUT2D eigenvalue weighted by atomic mass is 10.0. The fourth-order valence-corrected chi connectivity index (χ4v) is 2.93. The Bertz CT molecular complexity index is 569. The van der Waals surface area contributed by atoms with Crippen molar-refractivity contribution in [1.82, 2.24) is 0 Å². The van der Waals surface area contributed by atoms with Gasteiger partial charge in [-0.3, -0.25) is 4.99 Å². The molecule has 1 saturated carbocycles. The van der Waals surface area contributed by atoms with Crippen molar-refractivity contribution in [3.8, 4) is 0 Å². The number of nitrogens with zero attached hydrogens (tertiary/aromatic N) is 1. The molecule has 1 aliphatic rings. The molecule has 0 radical (unpaired) electrons. The summed E-state index contributed by atoms with van der Waals surface area (Å²) < 4.78 is 0. The Balaban J connectivity index is 1.78. The van der Waals surface area contributed by atoms with Gasteiger partial charge in [0.15, 0.2) is 0 Å². The molecule has 2 aromatic carbocycles. The van der Waals surface area contributed by atoms with E-state index in [1.165, 1.54) is 5.56 Å². The van der Waals surface area contributed by atoms with E-state index >= 15 is 0 Å². The van der Waals surface area contributed by atoms with E-state index in [-0.39, 0.29) is 0 Å². The van der Waals surface area contributed by atoms with Crippen LogP contribution >= 0.6 is 0 Å². The number of rotatable bonds is 3. The van der Waals surface area contributed by atoms with Gasteiger partial charge >= 0.3 is 0 Å². The topological polar surface area (TPSA) is 12.4 Å². The molecule has 0 heterocycles. The minimum absolute atomic E-state index is 0.319. The molecular formula is C18H19N. The van der Waals surface area contributed by atoms with Crippen molar-refractivity contribution in [2.45, 2.75) is 19.8 Å². The fraction of sp³-hybridized carbons (Fsp3) is 0.278. The van der Waals surface area contributed by atoms with Crippen LogP contribution in [0, 0.1) is 11.3 Å². The van der Waals surface area contributed by atoms with E-state index in [4.69, 9.17) is 0 Å². The van der Waals surface area contributed by atoms with Gasteiger partial charge in [-0.15, -0.1) is 0 Å². The molecule has 1 heteroatoms. The van der Waals surface area contributed by atoms with Gasteiger partial charge in [0.2, 0.25) is 0 Å². The third kappa shape index (κ3) is 2.33. The summed E-state index contributed by atoms with van der Waals surface area (Å²) in [6.45, 7) is 4.65. The number of aliphatic imine (C=N–C) groups is 1. The highest BCUT2D eigenvalue weighted by molar-refractivity contribution is 5.73. The Morgan fingerprint density at radius 2 is 1.47 bits per heavy atom. The zero-order valence-electron chi connectivity index (χ0n) is 11.5. The van der Waals surface area contributed by atoms with Crippen LogP contribution in [-0.4, -0.2) is 6.21 Å². The van der Waals surface area contributed by atoms with Crippen LogP contribution in [0.25, 0.3) is 0 Å².